The lowest BCUT2D eigenvalue weighted by atomic mass is 10.1. The molecule has 3 nitrogen and oxygen atoms in total. The normalized spacial score (nSPS) is 21.6. The molecule has 0 radical (unpaired) electrons. The molecule has 1 rings (SSSR count). The summed E-state index contributed by atoms with van der Waals surface area (Å²) >= 11 is 0. The Morgan fingerprint density at radius 3 is 2.75 bits per heavy atom. The Hall–Kier alpha value is -0.690. The molecule has 0 unspecified atom stereocenters. The maximum Gasteiger partial charge on any atom is 0.0311 e. The van der Waals surface area contributed by atoms with E-state index in [1.165, 1.54) is 12.8 Å². The number of hydrogen-bond donors (Lipinski definition) is 0. The highest BCUT2D eigenvalue weighted by Crippen LogP contribution is 2.44. The number of rotatable bonds is 2. The Balaban J connectivity index is 2.29. The van der Waals surface area contributed by atoms with Gasteiger partial charge in [0.05, 0.1) is 0 Å². The molecule has 0 aromatic rings. The summed E-state index contributed by atoms with van der Waals surface area (Å²) in [6.07, 6.45) is 2.46. The van der Waals surface area contributed by atoms with Crippen LogP contribution in [0.25, 0.3) is 10.4 Å². The molecule has 0 atom stereocenters. The molecule has 1 aliphatic carbocycles. The molecule has 1 fully saturated rings. The van der Waals surface area contributed by atoms with Gasteiger partial charge in [-0.1, -0.05) is 12.0 Å². The van der Waals surface area contributed by atoms with Crippen molar-refractivity contribution >= 4 is 0 Å². The van der Waals surface area contributed by atoms with Crippen LogP contribution in [0.3, 0.4) is 0 Å². The summed E-state index contributed by atoms with van der Waals surface area (Å²) in [6.45, 7) is 2.82. The van der Waals surface area contributed by atoms with E-state index in [4.69, 9.17) is 5.53 Å². The van der Waals surface area contributed by atoms with Crippen molar-refractivity contribution in [3.63, 3.8) is 0 Å². The molecule has 0 amide bonds. The Morgan fingerprint density at radius 2 is 2.38 bits per heavy atom. The van der Waals surface area contributed by atoms with E-state index >= 15 is 0 Å². The summed E-state index contributed by atoms with van der Waals surface area (Å²) in [5.74, 6) is 0. The van der Waals surface area contributed by atoms with Crippen LogP contribution in [0.1, 0.15) is 19.8 Å². The quantitative estimate of drug-likeness (QED) is 0.297. The standard InChI is InChI=1S/C5H9N3/c1-5(2-3-5)4-7-8-6/h2-4H2,1H3. The summed E-state index contributed by atoms with van der Waals surface area (Å²) in [5, 5.41) is 3.49. The van der Waals surface area contributed by atoms with Gasteiger partial charge in [0, 0.05) is 11.5 Å². The van der Waals surface area contributed by atoms with Crippen LogP contribution in [0.4, 0.5) is 0 Å². The molecule has 0 spiro atoms. The van der Waals surface area contributed by atoms with Crippen LogP contribution in [0, 0.1) is 5.41 Å². The third-order valence-electron chi connectivity index (χ3n) is 1.62. The largest absolute Gasteiger partial charge is 0.0934 e. The van der Waals surface area contributed by atoms with E-state index < -0.39 is 0 Å². The number of azide groups is 1. The molecular formula is C5H9N3. The fourth-order valence-electron chi connectivity index (χ4n) is 0.574. The predicted molar refractivity (Wildman–Crippen MR) is 31.4 cm³/mol. The van der Waals surface area contributed by atoms with Crippen molar-refractivity contribution in [3.8, 4) is 0 Å². The second-order valence-corrected chi connectivity index (χ2v) is 2.70. The van der Waals surface area contributed by atoms with Crippen molar-refractivity contribution in [2.45, 2.75) is 19.8 Å². The molecule has 8 heavy (non-hydrogen) atoms. The monoisotopic (exact) mass is 111 g/mol. The van der Waals surface area contributed by atoms with Crippen molar-refractivity contribution in [1.82, 2.24) is 0 Å². The second-order valence-electron chi connectivity index (χ2n) is 2.70. The first-order chi connectivity index (χ1) is 3.77. The average Bonchev–Trinajstić information content (AvgIpc) is 2.45. The fraction of sp³-hybridized carbons (Fsp3) is 1.00. The van der Waals surface area contributed by atoms with E-state index in [-0.39, 0.29) is 0 Å². The van der Waals surface area contributed by atoms with Crippen LogP contribution in [0.5, 0.6) is 0 Å². The van der Waals surface area contributed by atoms with Crippen LogP contribution >= 0.6 is 0 Å². The summed E-state index contributed by atoms with van der Waals surface area (Å²) in [4.78, 5) is 2.69. The van der Waals surface area contributed by atoms with Gasteiger partial charge in [-0.05, 0) is 23.8 Å². The summed E-state index contributed by atoms with van der Waals surface area (Å²) in [6, 6.07) is 0. The summed E-state index contributed by atoms with van der Waals surface area (Å²) in [5.41, 5.74) is 8.30. The van der Waals surface area contributed by atoms with Crippen LogP contribution in [0.15, 0.2) is 5.11 Å². The zero-order chi connectivity index (χ0) is 6.04. The lowest BCUT2D eigenvalue weighted by Gasteiger charge is -1.97. The van der Waals surface area contributed by atoms with Crippen LogP contribution in [-0.4, -0.2) is 6.54 Å². The third kappa shape index (κ3) is 1.14. The zero-order valence-corrected chi connectivity index (χ0v) is 4.96. The molecular weight excluding hydrogens is 102 g/mol. The molecule has 0 aliphatic heterocycles. The topological polar surface area (TPSA) is 48.8 Å². The Bertz CT molecular complexity index is 131. The van der Waals surface area contributed by atoms with E-state index in [1.807, 2.05) is 0 Å². The molecule has 0 aromatic heterocycles. The van der Waals surface area contributed by atoms with Crippen LogP contribution < -0.4 is 0 Å². The minimum Gasteiger partial charge on any atom is -0.0934 e. The molecule has 0 aromatic carbocycles. The van der Waals surface area contributed by atoms with Crippen molar-refractivity contribution in [3.05, 3.63) is 10.4 Å². The first kappa shape index (κ1) is 5.45. The molecule has 3 heteroatoms. The van der Waals surface area contributed by atoms with Crippen molar-refractivity contribution in [2.24, 2.45) is 10.5 Å². The van der Waals surface area contributed by atoms with E-state index in [0.717, 1.165) is 0 Å². The van der Waals surface area contributed by atoms with Gasteiger partial charge >= 0.3 is 0 Å². The molecule has 44 valence electrons. The smallest absolute Gasteiger partial charge is 0.0311 e. The number of hydrogen-bond acceptors (Lipinski definition) is 1. The van der Waals surface area contributed by atoms with Gasteiger partial charge in [0.15, 0.2) is 0 Å². The average molecular weight is 111 g/mol. The van der Waals surface area contributed by atoms with E-state index in [1.54, 1.807) is 0 Å². The maximum atomic E-state index is 7.92. The van der Waals surface area contributed by atoms with Gasteiger partial charge in [-0.3, -0.25) is 0 Å². The Morgan fingerprint density at radius 1 is 1.75 bits per heavy atom. The SMILES string of the molecule is CC1(CN=[N+]=[N-])CC1. The number of nitrogens with zero attached hydrogens (tertiary/aromatic N) is 3. The second kappa shape index (κ2) is 1.67. The van der Waals surface area contributed by atoms with Gasteiger partial charge in [0.1, 0.15) is 0 Å². The van der Waals surface area contributed by atoms with Crippen molar-refractivity contribution in [2.75, 3.05) is 6.54 Å². The first-order valence-electron chi connectivity index (χ1n) is 2.78. The molecule has 1 saturated carbocycles. The zero-order valence-electron chi connectivity index (χ0n) is 4.96. The van der Waals surface area contributed by atoms with Gasteiger partial charge < -0.3 is 0 Å². The molecule has 0 heterocycles. The van der Waals surface area contributed by atoms with Crippen molar-refractivity contribution in [1.29, 1.82) is 0 Å². The lowest BCUT2D eigenvalue weighted by Crippen LogP contribution is -1.95. The van der Waals surface area contributed by atoms with Crippen molar-refractivity contribution < 1.29 is 0 Å². The van der Waals surface area contributed by atoms with E-state index in [2.05, 4.69) is 16.9 Å². The van der Waals surface area contributed by atoms with Gasteiger partial charge in [-0.15, -0.1) is 0 Å². The summed E-state index contributed by atoms with van der Waals surface area (Å²) in [7, 11) is 0. The fourth-order valence-corrected chi connectivity index (χ4v) is 0.574. The molecule has 0 bridgehead atoms. The van der Waals surface area contributed by atoms with Gasteiger partial charge in [-0.25, -0.2) is 0 Å². The molecule has 0 saturated heterocycles. The predicted octanol–water partition coefficient (Wildman–Crippen LogP) is 2.10. The van der Waals surface area contributed by atoms with Crippen LogP contribution in [-0.2, 0) is 0 Å². The first-order valence-corrected chi connectivity index (χ1v) is 2.78. The Kier molecular flexibility index (Phi) is 1.14. The minimum absolute atomic E-state index is 0.381. The minimum atomic E-state index is 0.381. The molecule has 0 N–H and O–H groups in total. The highest BCUT2D eigenvalue weighted by Gasteiger charge is 2.35. The summed E-state index contributed by atoms with van der Waals surface area (Å²) < 4.78 is 0. The van der Waals surface area contributed by atoms with Gasteiger partial charge in [0.2, 0.25) is 0 Å². The van der Waals surface area contributed by atoms with E-state index in [9.17, 15) is 0 Å². The highest BCUT2D eigenvalue weighted by molar-refractivity contribution is 4.90. The third-order valence-corrected chi connectivity index (χ3v) is 1.62. The lowest BCUT2D eigenvalue weighted by molar-refractivity contribution is 0.587. The Labute approximate surface area is 48.3 Å². The highest BCUT2D eigenvalue weighted by atomic mass is 15.1. The van der Waals surface area contributed by atoms with Gasteiger partial charge in [0.25, 0.3) is 0 Å². The van der Waals surface area contributed by atoms with E-state index in [0.29, 0.717) is 12.0 Å². The molecule has 1 aliphatic rings. The van der Waals surface area contributed by atoms with Crippen LogP contribution in [0.2, 0.25) is 0 Å². The van der Waals surface area contributed by atoms with Gasteiger partial charge in [-0.2, -0.15) is 0 Å². The maximum absolute atomic E-state index is 7.92.